The normalized spacial score (nSPS) is 11.7. The number of ether oxygens (including phenoxy) is 1. The molecule has 0 saturated carbocycles. The third kappa shape index (κ3) is 4.07. The maximum Gasteiger partial charge on any atom is 0.200 e. The minimum Gasteiger partial charge on any atom is -0.484 e. The van der Waals surface area contributed by atoms with Crippen molar-refractivity contribution in [1.29, 1.82) is 0 Å². The number of Topliss-reactive ketones (excluding diaryl/α,β-unsaturated/α-hetero) is 1. The molecule has 5 nitrogen and oxygen atoms in total. The van der Waals surface area contributed by atoms with Gasteiger partial charge < -0.3 is 4.74 Å². The number of halogens is 1. The third-order valence-corrected chi connectivity index (χ3v) is 4.44. The van der Waals surface area contributed by atoms with Gasteiger partial charge in [0.1, 0.15) is 11.3 Å². The molecule has 6 heteroatoms. The van der Waals surface area contributed by atoms with Gasteiger partial charge in [-0.15, -0.1) is 5.10 Å². The molecular formula is C19H20BrN3O2. The van der Waals surface area contributed by atoms with Gasteiger partial charge in [-0.05, 0) is 33.5 Å². The fourth-order valence-electron chi connectivity index (χ4n) is 2.51. The van der Waals surface area contributed by atoms with Crippen LogP contribution < -0.4 is 4.74 Å². The second kappa shape index (κ2) is 6.96. The molecule has 0 aliphatic rings. The zero-order valence-electron chi connectivity index (χ0n) is 14.5. The van der Waals surface area contributed by atoms with Crippen molar-refractivity contribution in [2.75, 3.05) is 6.61 Å². The second-order valence-electron chi connectivity index (χ2n) is 7.13. The van der Waals surface area contributed by atoms with E-state index in [1.165, 1.54) is 0 Å². The van der Waals surface area contributed by atoms with Gasteiger partial charge in [-0.2, -0.15) is 0 Å². The van der Waals surface area contributed by atoms with Gasteiger partial charge in [0.25, 0.3) is 0 Å². The summed E-state index contributed by atoms with van der Waals surface area (Å²) in [5.41, 5.74) is 2.40. The molecule has 25 heavy (non-hydrogen) atoms. The Kier molecular flexibility index (Phi) is 4.90. The van der Waals surface area contributed by atoms with Crippen molar-refractivity contribution in [3.05, 3.63) is 52.5 Å². The van der Waals surface area contributed by atoms with Gasteiger partial charge in [-0.25, -0.2) is 4.68 Å². The molecule has 0 unspecified atom stereocenters. The number of benzene rings is 2. The lowest BCUT2D eigenvalue weighted by Gasteiger charge is -2.18. The van der Waals surface area contributed by atoms with Gasteiger partial charge in [0.15, 0.2) is 12.4 Å². The van der Waals surface area contributed by atoms with E-state index in [0.29, 0.717) is 15.8 Å². The molecule has 0 saturated heterocycles. The van der Waals surface area contributed by atoms with Crippen molar-refractivity contribution in [2.45, 2.75) is 27.3 Å². The van der Waals surface area contributed by atoms with Crippen molar-refractivity contribution < 1.29 is 9.53 Å². The summed E-state index contributed by atoms with van der Waals surface area (Å²) in [6.07, 6.45) is 0. The Morgan fingerprint density at radius 3 is 2.56 bits per heavy atom. The van der Waals surface area contributed by atoms with E-state index in [4.69, 9.17) is 4.74 Å². The fourth-order valence-corrected chi connectivity index (χ4v) is 3.04. The maximum absolute atomic E-state index is 12.2. The molecule has 0 bridgehead atoms. The molecule has 3 aromatic rings. The highest BCUT2D eigenvalue weighted by atomic mass is 79.9. The van der Waals surface area contributed by atoms with Crippen LogP contribution in [-0.4, -0.2) is 27.4 Å². The second-order valence-corrected chi connectivity index (χ2v) is 7.92. The first-order chi connectivity index (χ1) is 11.8. The molecule has 2 aromatic carbocycles. The molecule has 1 heterocycles. The van der Waals surface area contributed by atoms with Gasteiger partial charge in [0, 0.05) is 12.1 Å². The number of nitrogens with zero attached hydrogens (tertiary/aromatic N) is 3. The summed E-state index contributed by atoms with van der Waals surface area (Å²) in [4.78, 5) is 12.2. The van der Waals surface area contributed by atoms with Crippen LogP contribution in [0.15, 0.2) is 46.9 Å². The van der Waals surface area contributed by atoms with Gasteiger partial charge in [-0.1, -0.05) is 56.3 Å². The molecule has 3 rings (SSSR count). The monoisotopic (exact) mass is 401 g/mol. The lowest BCUT2D eigenvalue weighted by Crippen LogP contribution is -2.16. The minimum atomic E-state index is -0.0658. The lowest BCUT2D eigenvalue weighted by molar-refractivity contribution is 0.0921. The minimum absolute atomic E-state index is 0.0236. The van der Waals surface area contributed by atoms with Crippen LogP contribution in [0.2, 0.25) is 0 Å². The summed E-state index contributed by atoms with van der Waals surface area (Å²) in [7, 11) is 0. The Morgan fingerprint density at radius 1 is 1.16 bits per heavy atom. The van der Waals surface area contributed by atoms with Gasteiger partial charge in [-0.3, -0.25) is 4.79 Å². The molecule has 0 N–H and O–H groups in total. The van der Waals surface area contributed by atoms with Gasteiger partial charge in [0.2, 0.25) is 0 Å². The first-order valence-electron chi connectivity index (χ1n) is 8.08. The predicted molar refractivity (Wildman–Crippen MR) is 101 cm³/mol. The smallest absolute Gasteiger partial charge is 0.200 e. The van der Waals surface area contributed by atoms with E-state index in [0.717, 1.165) is 17.6 Å². The molecule has 1 aromatic heterocycles. The van der Waals surface area contributed by atoms with Gasteiger partial charge in [0.05, 0.1) is 9.99 Å². The molecule has 0 atom stereocenters. The largest absolute Gasteiger partial charge is 0.484 e. The van der Waals surface area contributed by atoms with E-state index in [9.17, 15) is 4.79 Å². The molecule has 0 aliphatic carbocycles. The fraction of sp³-hybridized carbons (Fsp3) is 0.316. The zero-order chi connectivity index (χ0) is 18.0. The van der Waals surface area contributed by atoms with E-state index in [-0.39, 0.29) is 17.8 Å². The van der Waals surface area contributed by atoms with Crippen LogP contribution in [0.3, 0.4) is 0 Å². The van der Waals surface area contributed by atoms with Crippen LogP contribution in [0, 0.1) is 5.41 Å². The average Bonchev–Trinajstić information content (AvgIpc) is 2.96. The number of hydrogen-bond donors (Lipinski definition) is 0. The summed E-state index contributed by atoms with van der Waals surface area (Å²) < 4.78 is 8.30. The Balaban J connectivity index is 1.79. The highest BCUT2D eigenvalue weighted by molar-refractivity contribution is 9.10. The topological polar surface area (TPSA) is 57.0 Å². The van der Waals surface area contributed by atoms with E-state index in [2.05, 4.69) is 47.0 Å². The van der Waals surface area contributed by atoms with Crippen molar-refractivity contribution in [1.82, 2.24) is 15.0 Å². The predicted octanol–water partition coefficient (Wildman–Crippen LogP) is 4.50. The van der Waals surface area contributed by atoms with Crippen LogP contribution in [0.25, 0.3) is 11.0 Å². The third-order valence-electron chi connectivity index (χ3n) is 3.67. The Morgan fingerprint density at radius 2 is 1.88 bits per heavy atom. The summed E-state index contributed by atoms with van der Waals surface area (Å²) in [6, 6.07) is 12.9. The van der Waals surface area contributed by atoms with Crippen LogP contribution >= 0.6 is 15.9 Å². The van der Waals surface area contributed by atoms with Crippen LogP contribution in [-0.2, 0) is 6.54 Å². The van der Waals surface area contributed by atoms with Crippen LogP contribution in [0.5, 0.6) is 5.75 Å². The van der Waals surface area contributed by atoms with Crippen molar-refractivity contribution in [3.8, 4) is 5.75 Å². The van der Waals surface area contributed by atoms with Crippen molar-refractivity contribution in [3.63, 3.8) is 0 Å². The zero-order valence-corrected chi connectivity index (χ0v) is 16.1. The molecule has 0 aliphatic heterocycles. The van der Waals surface area contributed by atoms with Crippen molar-refractivity contribution in [2.24, 2.45) is 5.41 Å². The molecular weight excluding hydrogens is 382 g/mol. The number of carbonyl (C=O) groups is 1. The first-order valence-corrected chi connectivity index (χ1v) is 8.87. The molecule has 130 valence electrons. The van der Waals surface area contributed by atoms with E-state index in [1.54, 1.807) is 12.1 Å². The number of ketones is 1. The van der Waals surface area contributed by atoms with E-state index in [1.807, 2.05) is 35.0 Å². The van der Waals surface area contributed by atoms with E-state index >= 15 is 0 Å². The lowest BCUT2D eigenvalue weighted by atomic mass is 9.97. The maximum atomic E-state index is 12.2. The Bertz CT molecular complexity index is 898. The van der Waals surface area contributed by atoms with E-state index < -0.39 is 0 Å². The quantitative estimate of drug-likeness (QED) is 0.590. The Labute approximate surface area is 155 Å². The number of aromatic nitrogens is 3. The van der Waals surface area contributed by atoms with Crippen LogP contribution in [0.1, 0.15) is 31.1 Å². The highest BCUT2D eigenvalue weighted by Gasteiger charge is 2.18. The highest BCUT2D eigenvalue weighted by Crippen LogP contribution is 2.32. The molecule has 0 spiro atoms. The standard InChI is InChI=1S/C19H20BrN3O2/c1-19(2,3)12-23-14-9-10-16(17(20)18(14)21-22-23)25-11-15(24)13-7-5-4-6-8-13/h4-10H,11-12H2,1-3H3. The van der Waals surface area contributed by atoms with Crippen LogP contribution in [0.4, 0.5) is 0 Å². The summed E-state index contributed by atoms with van der Waals surface area (Å²) in [6.45, 7) is 7.21. The number of fused-ring (bicyclic) bond motifs is 1. The first kappa shape index (κ1) is 17.6. The molecule has 0 radical (unpaired) electrons. The average molecular weight is 402 g/mol. The summed E-state index contributed by atoms with van der Waals surface area (Å²) in [5.74, 6) is 0.517. The van der Waals surface area contributed by atoms with Gasteiger partial charge >= 0.3 is 0 Å². The number of carbonyl (C=O) groups excluding carboxylic acids is 1. The number of rotatable bonds is 5. The Hall–Kier alpha value is -2.21. The molecule has 0 amide bonds. The number of hydrogen-bond acceptors (Lipinski definition) is 4. The summed E-state index contributed by atoms with van der Waals surface area (Å²) >= 11 is 3.53. The SMILES string of the molecule is CC(C)(C)Cn1nnc2c(Br)c(OCC(=O)c3ccccc3)ccc21. The molecule has 0 fully saturated rings. The van der Waals surface area contributed by atoms with Crippen molar-refractivity contribution >= 4 is 32.7 Å². The summed E-state index contributed by atoms with van der Waals surface area (Å²) in [5, 5.41) is 8.49.